The summed E-state index contributed by atoms with van der Waals surface area (Å²) in [5.74, 6) is 0.453. The van der Waals surface area contributed by atoms with E-state index in [0.717, 1.165) is 0 Å². The van der Waals surface area contributed by atoms with Crippen LogP contribution in [0.1, 0.15) is 11.7 Å². The number of fused-ring (bicyclic) bond motifs is 1. The van der Waals surface area contributed by atoms with Crippen LogP contribution in [0.25, 0.3) is 0 Å². The summed E-state index contributed by atoms with van der Waals surface area (Å²) >= 11 is 0. The second-order valence-electron chi connectivity index (χ2n) is 3.25. The molecule has 0 bridgehead atoms. The SMILES string of the molecule is NCC1COc2ccccc2C1F. The molecule has 1 aliphatic heterocycles. The van der Waals surface area contributed by atoms with E-state index in [9.17, 15) is 4.39 Å². The van der Waals surface area contributed by atoms with E-state index in [-0.39, 0.29) is 5.92 Å². The average Bonchev–Trinajstić information content (AvgIpc) is 2.19. The number of para-hydroxylation sites is 1. The van der Waals surface area contributed by atoms with Crippen LogP contribution in [0.2, 0.25) is 0 Å². The first-order valence-corrected chi connectivity index (χ1v) is 4.39. The van der Waals surface area contributed by atoms with Gasteiger partial charge in [-0.25, -0.2) is 4.39 Å². The van der Waals surface area contributed by atoms with Crippen molar-refractivity contribution in [3.63, 3.8) is 0 Å². The van der Waals surface area contributed by atoms with E-state index >= 15 is 0 Å². The molecule has 2 nitrogen and oxygen atoms in total. The van der Waals surface area contributed by atoms with Crippen molar-refractivity contribution in [2.75, 3.05) is 13.2 Å². The molecule has 3 heteroatoms. The van der Waals surface area contributed by atoms with Crippen molar-refractivity contribution in [3.05, 3.63) is 29.8 Å². The fraction of sp³-hybridized carbons (Fsp3) is 0.400. The quantitative estimate of drug-likeness (QED) is 0.715. The van der Waals surface area contributed by atoms with Crippen molar-refractivity contribution in [1.29, 1.82) is 0 Å². The Labute approximate surface area is 76.5 Å². The number of ether oxygens (including phenoxy) is 1. The summed E-state index contributed by atoms with van der Waals surface area (Å²) < 4.78 is 19.1. The molecule has 2 unspecified atom stereocenters. The molecule has 0 fully saturated rings. The smallest absolute Gasteiger partial charge is 0.136 e. The summed E-state index contributed by atoms with van der Waals surface area (Å²) in [5.41, 5.74) is 6.06. The van der Waals surface area contributed by atoms with Crippen LogP contribution in [-0.4, -0.2) is 13.2 Å². The molecule has 0 aromatic heterocycles. The van der Waals surface area contributed by atoms with E-state index < -0.39 is 6.17 Å². The fourth-order valence-electron chi connectivity index (χ4n) is 1.56. The van der Waals surface area contributed by atoms with Gasteiger partial charge in [-0.3, -0.25) is 0 Å². The molecule has 13 heavy (non-hydrogen) atoms. The Balaban J connectivity index is 2.33. The van der Waals surface area contributed by atoms with E-state index in [1.165, 1.54) is 0 Å². The third-order valence-electron chi connectivity index (χ3n) is 2.39. The Hall–Kier alpha value is -1.09. The molecule has 0 radical (unpaired) electrons. The van der Waals surface area contributed by atoms with Crippen LogP contribution in [0.5, 0.6) is 5.75 Å². The van der Waals surface area contributed by atoms with Crippen LogP contribution in [0.15, 0.2) is 24.3 Å². The van der Waals surface area contributed by atoms with Crippen molar-refractivity contribution in [2.45, 2.75) is 6.17 Å². The van der Waals surface area contributed by atoms with Gasteiger partial charge in [0.2, 0.25) is 0 Å². The van der Waals surface area contributed by atoms with Crippen LogP contribution in [0.4, 0.5) is 4.39 Å². The maximum absolute atomic E-state index is 13.7. The highest BCUT2D eigenvalue weighted by Crippen LogP contribution is 2.37. The molecule has 1 heterocycles. The van der Waals surface area contributed by atoms with E-state index in [1.807, 2.05) is 12.1 Å². The Kier molecular flexibility index (Phi) is 2.19. The molecule has 2 rings (SSSR count). The van der Waals surface area contributed by atoms with Gasteiger partial charge in [0.25, 0.3) is 0 Å². The first-order valence-electron chi connectivity index (χ1n) is 4.39. The van der Waals surface area contributed by atoms with Crippen LogP contribution in [-0.2, 0) is 0 Å². The van der Waals surface area contributed by atoms with Gasteiger partial charge in [0.05, 0.1) is 6.61 Å². The predicted molar refractivity (Wildman–Crippen MR) is 48.3 cm³/mol. The number of halogens is 1. The zero-order chi connectivity index (χ0) is 9.26. The highest BCUT2D eigenvalue weighted by atomic mass is 19.1. The van der Waals surface area contributed by atoms with Crippen molar-refractivity contribution in [1.82, 2.24) is 0 Å². The molecular weight excluding hydrogens is 169 g/mol. The number of hydrogen-bond acceptors (Lipinski definition) is 2. The van der Waals surface area contributed by atoms with Gasteiger partial charge >= 0.3 is 0 Å². The van der Waals surface area contributed by atoms with Gasteiger partial charge < -0.3 is 10.5 Å². The first kappa shape index (κ1) is 8.51. The van der Waals surface area contributed by atoms with Crippen LogP contribution in [0.3, 0.4) is 0 Å². The zero-order valence-corrected chi connectivity index (χ0v) is 7.24. The van der Waals surface area contributed by atoms with Crippen molar-refractivity contribution in [3.8, 4) is 5.75 Å². The minimum Gasteiger partial charge on any atom is -0.493 e. The molecule has 0 saturated carbocycles. The Morgan fingerprint density at radius 2 is 2.23 bits per heavy atom. The van der Waals surface area contributed by atoms with Crippen molar-refractivity contribution < 1.29 is 9.13 Å². The molecule has 2 N–H and O–H groups in total. The Morgan fingerprint density at radius 1 is 1.46 bits per heavy atom. The summed E-state index contributed by atoms with van der Waals surface area (Å²) in [6.45, 7) is 0.712. The largest absolute Gasteiger partial charge is 0.493 e. The monoisotopic (exact) mass is 181 g/mol. The fourth-order valence-corrected chi connectivity index (χ4v) is 1.56. The Bertz CT molecular complexity index is 303. The average molecular weight is 181 g/mol. The van der Waals surface area contributed by atoms with E-state index in [2.05, 4.69) is 0 Å². The molecular formula is C10H12FNO. The molecule has 70 valence electrons. The molecule has 1 aliphatic rings. The molecule has 0 amide bonds. The summed E-state index contributed by atoms with van der Waals surface area (Å²) in [5, 5.41) is 0. The maximum atomic E-state index is 13.7. The zero-order valence-electron chi connectivity index (χ0n) is 7.24. The lowest BCUT2D eigenvalue weighted by Gasteiger charge is -2.27. The number of rotatable bonds is 1. The van der Waals surface area contributed by atoms with Gasteiger partial charge in [0, 0.05) is 18.0 Å². The number of nitrogens with two attached hydrogens (primary N) is 1. The van der Waals surface area contributed by atoms with Gasteiger partial charge in [0.15, 0.2) is 0 Å². The van der Waals surface area contributed by atoms with Crippen molar-refractivity contribution >= 4 is 0 Å². The standard InChI is InChI=1S/C10H12FNO/c11-10-7(5-12)6-13-9-4-2-1-3-8(9)10/h1-4,7,10H,5-6,12H2. The molecule has 0 aliphatic carbocycles. The second-order valence-corrected chi connectivity index (χ2v) is 3.25. The third-order valence-corrected chi connectivity index (χ3v) is 2.39. The van der Waals surface area contributed by atoms with E-state index in [4.69, 9.17) is 10.5 Å². The highest BCUT2D eigenvalue weighted by molar-refractivity contribution is 5.37. The van der Waals surface area contributed by atoms with E-state index in [1.54, 1.807) is 12.1 Å². The molecule has 0 spiro atoms. The lowest BCUT2D eigenvalue weighted by molar-refractivity contribution is 0.126. The summed E-state index contributed by atoms with van der Waals surface area (Å²) in [4.78, 5) is 0. The van der Waals surface area contributed by atoms with Gasteiger partial charge in [-0.05, 0) is 6.07 Å². The van der Waals surface area contributed by atoms with Crippen LogP contribution < -0.4 is 10.5 Å². The molecule has 1 aromatic rings. The number of hydrogen-bond donors (Lipinski definition) is 1. The summed E-state index contributed by atoms with van der Waals surface area (Å²) in [7, 11) is 0. The number of alkyl halides is 1. The van der Waals surface area contributed by atoms with Gasteiger partial charge in [-0.15, -0.1) is 0 Å². The molecule has 0 saturated heterocycles. The van der Waals surface area contributed by atoms with Gasteiger partial charge in [-0.2, -0.15) is 0 Å². The predicted octanol–water partition coefficient (Wildman–Crippen LogP) is 1.66. The van der Waals surface area contributed by atoms with E-state index in [0.29, 0.717) is 24.5 Å². The summed E-state index contributed by atoms with van der Waals surface area (Å²) in [6, 6.07) is 7.19. The lowest BCUT2D eigenvalue weighted by Crippen LogP contribution is -2.29. The minimum atomic E-state index is -0.977. The Morgan fingerprint density at radius 3 is 3.00 bits per heavy atom. The summed E-state index contributed by atoms with van der Waals surface area (Å²) in [6.07, 6.45) is -0.977. The van der Waals surface area contributed by atoms with Crippen molar-refractivity contribution in [2.24, 2.45) is 11.7 Å². The highest BCUT2D eigenvalue weighted by Gasteiger charge is 2.29. The number of benzene rings is 1. The second kappa shape index (κ2) is 3.34. The third kappa shape index (κ3) is 1.40. The van der Waals surface area contributed by atoms with Gasteiger partial charge in [0.1, 0.15) is 11.9 Å². The maximum Gasteiger partial charge on any atom is 0.136 e. The minimum absolute atomic E-state index is 0.199. The topological polar surface area (TPSA) is 35.2 Å². The molecule has 1 aromatic carbocycles. The lowest BCUT2D eigenvalue weighted by atomic mass is 9.95. The molecule has 2 atom stereocenters. The normalized spacial score (nSPS) is 26.3. The first-order chi connectivity index (χ1) is 6.33. The van der Waals surface area contributed by atoms with Gasteiger partial charge in [-0.1, -0.05) is 18.2 Å². The van der Waals surface area contributed by atoms with Crippen LogP contribution >= 0.6 is 0 Å². The van der Waals surface area contributed by atoms with Crippen LogP contribution in [0, 0.1) is 5.92 Å².